The molecule has 0 aliphatic rings. The lowest BCUT2D eigenvalue weighted by Gasteiger charge is -2.37. The third-order valence-electron chi connectivity index (χ3n) is 3.58. The van der Waals surface area contributed by atoms with Gasteiger partial charge >= 0.3 is 6.09 Å². The summed E-state index contributed by atoms with van der Waals surface area (Å²) in [5, 5.41) is 0. The highest BCUT2D eigenvalue weighted by Crippen LogP contribution is 2.31. The Morgan fingerprint density at radius 3 is 2.06 bits per heavy atom. The summed E-state index contributed by atoms with van der Waals surface area (Å²) in [4.78, 5) is 13.1. The van der Waals surface area contributed by atoms with E-state index < -0.39 is 11.7 Å². The lowest BCUT2D eigenvalue weighted by Crippen LogP contribution is -2.41. The summed E-state index contributed by atoms with van der Waals surface area (Å²) in [5.41, 5.74) is 4.88. The monoisotopic (exact) mass is 258 g/mol. The van der Waals surface area contributed by atoms with Crippen LogP contribution in [0.5, 0.6) is 0 Å². The number of hydrogen-bond donors (Lipinski definition) is 1. The fourth-order valence-electron chi connectivity index (χ4n) is 2.10. The van der Waals surface area contributed by atoms with Gasteiger partial charge in [-0.25, -0.2) is 4.79 Å². The zero-order chi connectivity index (χ0) is 14.6. The van der Waals surface area contributed by atoms with Crippen LogP contribution in [0.1, 0.15) is 53.9 Å². The van der Waals surface area contributed by atoms with Gasteiger partial charge in [0, 0.05) is 12.5 Å². The van der Waals surface area contributed by atoms with Crippen LogP contribution >= 0.6 is 0 Å². The molecule has 0 aromatic heterocycles. The molecule has 1 amide bonds. The number of nitrogens with zero attached hydrogens (tertiary/aromatic N) is 1. The van der Waals surface area contributed by atoms with Crippen LogP contribution in [-0.2, 0) is 4.74 Å². The first-order valence-electron chi connectivity index (χ1n) is 6.64. The second-order valence-corrected chi connectivity index (χ2v) is 6.72. The quantitative estimate of drug-likeness (QED) is 0.763. The first kappa shape index (κ1) is 17.2. The summed E-state index contributed by atoms with van der Waals surface area (Å²) in [5.74, 6) is 0. The fraction of sp³-hybridized carbons (Fsp3) is 0.929. The minimum Gasteiger partial charge on any atom is -0.444 e. The molecular weight excluding hydrogens is 228 g/mol. The molecule has 0 unspecified atom stereocenters. The van der Waals surface area contributed by atoms with Crippen molar-refractivity contribution in [1.82, 2.24) is 4.90 Å². The number of amides is 1. The number of carbonyl (C=O) groups excluding carboxylic acids is 1. The summed E-state index contributed by atoms with van der Waals surface area (Å²) in [7, 11) is 4.13. The van der Waals surface area contributed by atoms with Crippen LogP contribution in [-0.4, -0.2) is 36.7 Å². The van der Waals surface area contributed by atoms with E-state index in [2.05, 4.69) is 39.8 Å². The highest BCUT2D eigenvalue weighted by atomic mass is 16.6. The van der Waals surface area contributed by atoms with Crippen molar-refractivity contribution < 1.29 is 9.53 Å². The molecule has 18 heavy (non-hydrogen) atoms. The molecule has 0 aromatic rings. The maximum atomic E-state index is 10.9. The Morgan fingerprint density at radius 2 is 1.72 bits per heavy atom. The minimum atomic E-state index is -0.702. The van der Waals surface area contributed by atoms with Crippen LogP contribution in [0.15, 0.2) is 0 Å². The van der Waals surface area contributed by atoms with E-state index in [0.717, 1.165) is 19.3 Å². The van der Waals surface area contributed by atoms with Gasteiger partial charge in [-0.1, -0.05) is 27.2 Å². The second-order valence-electron chi connectivity index (χ2n) is 6.72. The molecule has 0 saturated heterocycles. The standard InChI is InChI=1S/C14H30N2O2/c1-8-13(2,3)9-11(16(6)7)10-14(4,5)18-12(15)17/h11H,8-10H2,1-7H3,(H2,15,17)/t11-/m0/s1. The molecule has 0 spiro atoms. The molecule has 4 nitrogen and oxygen atoms in total. The van der Waals surface area contributed by atoms with Gasteiger partial charge in [-0.15, -0.1) is 0 Å². The van der Waals surface area contributed by atoms with Gasteiger partial charge in [0.1, 0.15) is 5.60 Å². The minimum absolute atomic E-state index is 0.289. The molecule has 0 rings (SSSR count). The Balaban J connectivity index is 4.68. The third-order valence-corrected chi connectivity index (χ3v) is 3.58. The number of nitrogens with two attached hydrogens (primary N) is 1. The third kappa shape index (κ3) is 6.84. The van der Waals surface area contributed by atoms with Crippen molar-refractivity contribution in [2.45, 2.75) is 65.5 Å². The van der Waals surface area contributed by atoms with E-state index in [1.54, 1.807) is 0 Å². The number of rotatable bonds is 7. The van der Waals surface area contributed by atoms with Crippen molar-refractivity contribution in [2.24, 2.45) is 11.1 Å². The maximum absolute atomic E-state index is 10.9. The van der Waals surface area contributed by atoms with Crippen molar-refractivity contribution >= 4 is 6.09 Å². The summed E-state index contributed by atoms with van der Waals surface area (Å²) in [6.45, 7) is 10.6. The molecule has 108 valence electrons. The van der Waals surface area contributed by atoms with E-state index >= 15 is 0 Å². The maximum Gasteiger partial charge on any atom is 0.405 e. The van der Waals surface area contributed by atoms with Crippen LogP contribution in [0.2, 0.25) is 0 Å². The zero-order valence-corrected chi connectivity index (χ0v) is 13.0. The first-order valence-corrected chi connectivity index (χ1v) is 6.64. The van der Waals surface area contributed by atoms with Gasteiger partial charge < -0.3 is 15.4 Å². The normalized spacial score (nSPS) is 14.7. The van der Waals surface area contributed by atoms with Crippen molar-refractivity contribution in [2.75, 3.05) is 14.1 Å². The number of hydrogen-bond acceptors (Lipinski definition) is 3. The van der Waals surface area contributed by atoms with E-state index in [-0.39, 0.29) is 5.41 Å². The highest BCUT2D eigenvalue weighted by Gasteiger charge is 2.31. The topological polar surface area (TPSA) is 55.6 Å². The molecule has 0 saturated carbocycles. The molecule has 0 radical (unpaired) electrons. The number of carbonyl (C=O) groups is 1. The Morgan fingerprint density at radius 1 is 1.22 bits per heavy atom. The predicted molar refractivity (Wildman–Crippen MR) is 75.5 cm³/mol. The van der Waals surface area contributed by atoms with Crippen molar-refractivity contribution in [1.29, 1.82) is 0 Å². The summed E-state index contributed by atoms with van der Waals surface area (Å²) >= 11 is 0. The Labute approximate surface area is 112 Å². The van der Waals surface area contributed by atoms with Gasteiger partial charge in [-0.2, -0.15) is 0 Å². The van der Waals surface area contributed by atoms with Crippen LogP contribution < -0.4 is 5.73 Å². The molecule has 1 atom stereocenters. The number of ether oxygens (including phenoxy) is 1. The predicted octanol–water partition coefficient (Wildman–Crippen LogP) is 3.01. The molecule has 0 fully saturated rings. The van der Waals surface area contributed by atoms with Crippen LogP contribution in [0, 0.1) is 5.41 Å². The number of primary amides is 1. The SMILES string of the molecule is CCC(C)(C)C[C@@H](CC(C)(C)OC(N)=O)N(C)C. The summed E-state index contributed by atoms with van der Waals surface area (Å²) < 4.78 is 5.18. The molecule has 0 aromatic carbocycles. The van der Waals surface area contributed by atoms with E-state index in [4.69, 9.17) is 10.5 Å². The lowest BCUT2D eigenvalue weighted by molar-refractivity contribution is 0.0137. The largest absolute Gasteiger partial charge is 0.444 e. The molecular formula is C14H30N2O2. The van der Waals surface area contributed by atoms with Crippen LogP contribution in [0.25, 0.3) is 0 Å². The van der Waals surface area contributed by atoms with Gasteiger partial charge in [0.2, 0.25) is 0 Å². The van der Waals surface area contributed by atoms with Gasteiger partial charge in [0.05, 0.1) is 0 Å². The van der Waals surface area contributed by atoms with Gasteiger partial charge in [-0.05, 0) is 39.8 Å². The van der Waals surface area contributed by atoms with Crippen molar-refractivity contribution in [3.63, 3.8) is 0 Å². The smallest absolute Gasteiger partial charge is 0.405 e. The van der Waals surface area contributed by atoms with Crippen LogP contribution in [0.4, 0.5) is 4.79 Å². The van der Waals surface area contributed by atoms with E-state index in [1.165, 1.54) is 0 Å². The molecule has 4 heteroatoms. The van der Waals surface area contributed by atoms with Gasteiger partial charge in [0.15, 0.2) is 0 Å². The second kappa shape index (κ2) is 6.41. The molecule has 0 aliphatic heterocycles. The van der Waals surface area contributed by atoms with Crippen molar-refractivity contribution in [3.8, 4) is 0 Å². The average molecular weight is 258 g/mol. The Kier molecular flexibility index (Phi) is 6.14. The van der Waals surface area contributed by atoms with E-state index in [9.17, 15) is 4.79 Å². The Bertz CT molecular complexity index is 273. The summed E-state index contributed by atoms with van der Waals surface area (Å²) in [6.07, 6.45) is 2.29. The van der Waals surface area contributed by atoms with Crippen LogP contribution in [0.3, 0.4) is 0 Å². The molecule has 0 aliphatic carbocycles. The Hall–Kier alpha value is -0.770. The van der Waals surface area contributed by atoms with Gasteiger partial charge in [-0.3, -0.25) is 0 Å². The lowest BCUT2D eigenvalue weighted by atomic mass is 9.80. The highest BCUT2D eigenvalue weighted by molar-refractivity contribution is 5.65. The van der Waals surface area contributed by atoms with E-state index in [0.29, 0.717) is 6.04 Å². The van der Waals surface area contributed by atoms with Crippen molar-refractivity contribution in [3.05, 3.63) is 0 Å². The fourth-order valence-corrected chi connectivity index (χ4v) is 2.10. The zero-order valence-electron chi connectivity index (χ0n) is 13.0. The van der Waals surface area contributed by atoms with E-state index in [1.807, 2.05) is 13.8 Å². The first-order chi connectivity index (χ1) is 7.99. The molecule has 2 N–H and O–H groups in total. The molecule has 0 bridgehead atoms. The molecule has 0 heterocycles. The summed E-state index contributed by atoms with van der Waals surface area (Å²) in [6, 6.07) is 0.370. The van der Waals surface area contributed by atoms with Gasteiger partial charge in [0.25, 0.3) is 0 Å². The average Bonchev–Trinajstić information content (AvgIpc) is 2.13.